The van der Waals surface area contributed by atoms with Crippen molar-refractivity contribution < 1.29 is 0 Å². The van der Waals surface area contributed by atoms with Gasteiger partial charge in [0.2, 0.25) is 0 Å². The zero-order chi connectivity index (χ0) is 48.0. The predicted molar refractivity (Wildman–Crippen MR) is 309 cm³/mol. The smallest absolute Gasteiger partial charge is 0.0769 e. The minimum atomic E-state index is -0.471. The Kier molecular flexibility index (Phi) is 9.63. The Bertz CT molecular complexity index is 3990. The van der Waals surface area contributed by atoms with E-state index in [4.69, 9.17) is 0 Å². The van der Waals surface area contributed by atoms with Gasteiger partial charge in [0.15, 0.2) is 0 Å². The van der Waals surface area contributed by atoms with Gasteiger partial charge in [-0.05, 0) is 157 Å². The van der Waals surface area contributed by atoms with Crippen LogP contribution < -0.4 is 14.7 Å². The third-order valence-corrected chi connectivity index (χ3v) is 16.7. The Hall–Kier alpha value is -8.66. The number of hydrogen-bond donors (Lipinski definition) is 0. The highest BCUT2D eigenvalue weighted by Crippen LogP contribution is 2.59. The van der Waals surface area contributed by atoms with Gasteiger partial charge in [-0.2, -0.15) is 0 Å². The molecular formula is C70H53N3. The lowest BCUT2D eigenvalue weighted by Gasteiger charge is -2.49. The van der Waals surface area contributed by atoms with Crippen LogP contribution in [0.3, 0.4) is 0 Å². The molecule has 0 bridgehead atoms. The highest BCUT2D eigenvalue weighted by molar-refractivity contribution is 6.27. The van der Waals surface area contributed by atoms with Crippen molar-refractivity contribution in [2.75, 3.05) is 21.2 Å². The van der Waals surface area contributed by atoms with Crippen molar-refractivity contribution in [1.29, 1.82) is 0 Å². The monoisotopic (exact) mass is 935 g/mol. The van der Waals surface area contributed by atoms with Gasteiger partial charge in [0.05, 0.1) is 28.9 Å². The van der Waals surface area contributed by atoms with Crippen LogP contribution in [0.4, 0.5) is 34.1 Å². The van der Waals surface area contributed by atoms with E-state index in [1.807, 2.05) is 0 Å². The first kappa shape index (κ1) is 42.1. The fraction of sp³-hybridized carbons (Fsp3) is 0.114. The Labute approximate surface area is 427 Å². The number of allylic oxidation sites excluding steroid dienone is 6. The molecule has 3 unspecified atom stereocenters. The Balaban J connectivity index is 0.857. The molecule has 10 aromatic rings. The normalized spacial score (nSPS) is 19.6. The van der Waals surface area contributed by atoms with Crippen LogP contribution in [0.1, 0.15) is 52.6 Å². The molecule has 73 heavy (non-hydrogen) atoms. The SMILES string of the molecule is C1=CC2C(C=C1)N(c1ccc3ccc4c(/C=C/c5ccc6c(c5)C(C5=CCCC=C5)(c5ccccc5)c5cc(N7CCCc8ccccc87)ccc5-6)ccc5ccc1c3c54)c1ccccc1N2c1ccccc1. The molecule has 0 radical (unpaired) electrons. The summed E-state index contributed by atoms with van der Waals surface area (Å²) in [7, 11) is 0. The third-order valence-electron chi connectivity index (χ3n) is 16.7. The summed E-state index contributed by atoms with van der Waals surface area (Å²) >= 11 is 0. The first-order valence-electron chi connectivity index (χ1n) is 26.3. The highest BCUT2D eigenvalue weighted by atomic mass is 15.3. The first-order chi connectivity index (χ1) is 36.2. The van der Waals surface area contributed by atoms with Gasteiger partial charge in [0.1, 0.15) is 0 Å². The second kappa shape index (κ2) is 16.7. The van der Waals surface area contributed by atoms with E-state index in [-0.39, 0.29) is 12.1 Å². The van der Waals surface area contributed by atoms with Crippen molar-refractivity contribution in [2.24, 2.45) is 0 Å². The van der Waals surface area contributed by atoms with E-state index >= 15 is 0 Å². The van der Waals surface area contributed by atoms with Gasteiger partial charge < -0.3 is 14.7 Å². The predicted octanol–water partition coefficient (Wildman–Crippen LogP) is 17.6. The van der Waals surface area contributed by atoms with E-state index in [9.17, 15) is 0 Å². The van der Waals surface area contributed by atoms with Crippen molar-refractivity contribution in [3.63, 3.8) is 0 Å². The number of aryl methyl sites for hydroxylation is 1. The standard InChI is InChI=1S/C70H53N3/c1-4-19-52(20-5-1)70(53-21-6-2-7-22-53)60-45-47(31-39-57(60)58-42-38-55(46-61(58)70)71-44-16-18-49-17-10-11-25-62(49)71)30-32-48-33-34-50-36-41-59-63(43-37-51-35-40-56(48)68(50)69(51)59)73-66-28-14-12-26-64(66)72(54-23-8-3-9-24-54)65-27-13-15-29-67(65)73/h1,3-6,8-15,17,19-43,45-46,64,66H,2,7,16,18,44H2/b32-30+. The van der Waals surface area contributed by atoms with Gasteiger partial charge in [0.25, 0.3) is 0 Å². The molecule has 0 spiro atoms. The van der Waals surface area contributed by atoms with E-state index in [2.05, 4.69) is 264 Å². The van der Waals surface area contributed by atoms with Crippen LogP contribution >= 0.6 is 0 Å². The lowest BCUT2D eigenvalue weighted by Crippen LogP contribution is -2.52. The van der Waals surface area contributed by atoms with Crippen molar-refractivity contribution in [2.45, 2.75) is 43.2 Å². The molecule has 10 aromatic carbocycles. The van der Waals surface area contributed by atoms with Gasteiger partial charge in [0, 0.05) is 34.7 Å². The summed E-state index contributed by atoms with van der Waals surface area (Å²) < 4.78 is 0. The van der Waals surface area contributed by atoms with E-state index in [1.54, 1.807) is 0 Å². The zero-order valence-electron chi connectivity index (χ0n) is 40.7. The molecule has 3 nitrogen and oxygen atoms in total. The van der Waals surface area contributed by atoms with Crippen molar-refractivity contribution >= 4 is 78.6 Å². The summed E-state index contributed by atoms with van der Waals surface area (Å²) in [6, 6.07) is 73.6. The quantitative estimate of drug-likeness (QED) is 0.116. The lowest BCUT2D eigenvalue weighted by molar-refractivity contribution is 0.639. The van der Waals surface area contributed by atoms with Crippen LogP contribution in [-0.2, 0) is 11.8 Å². The third kappa shape index (κ3) is 6.38. The average molecular weight is 936 g/mol. The number of rotatable bonds is 7. The van der Waals surface area contributed by atoms with Crippen molar-refractivity contribution in [3.8, 4) is 11.1 Å². The molecule has 5 aliphatic rings. The number of fused-ring (bicyclic) bond motifs is 6. The molecule has 0 fully saturated rings. The molecule has 348 valence electrons. The molecule has 0 amide bonds. The Morgan fingerprint density at radius 1 is 0.493 bits per heavy atom. The van der Waals surface area contributed by atoms with Crippen LogP contribution in [0.5, 0.6) is 0 Å². The maximum Gasteiger partial charge on any atom is 0.0769 e. The maximum atomic E-state index is 2.60. The Morgan fingerprint density at radius 2 is 1.15 bits per heavy atom. The summed E-state index contributed by atoms with van der Waals surface area (Å²) in [5, 5.41) is 7.71. The number of anilines is 6. The van der Waals surface area contributed by atoms with E-state index in [1.165, 1.54) is 117 Å². The molecule has 3 heteroatoms. The molecule has 15 rings (SSSR count). The molecular weight excluding hydrogens is 883 g/mol. The zero-order valence-corrected chi connectivity index (χ0v) is 40.7. The summed E-state index contributed by atoms with van der Waals surface area (Å²) in [5.41, 5.74) is 18.9. The van der Waals surface area contributed by atoms with Crippen LogP contribution in [0, 0.1) is 0 Å². The minimum Gasteiger partial charge on any atom is -0.341 e. The van der Waals surface area contributed by atoms with Crippen molar-refractivity contribution in [3.05, 3.63) is 276 Å². The van der Waals surface area contributed by atoms with Crippen LogP contribution in [0.2, 0.25) is 0 Å². The Morgan fingerprint density at radius 3 is 1.95 bits per heavy atom. The van der Waals surface area contributed by atoms with Gasteiger partial charge in [-0.25, -0.2) is 0 Å². The minimum absolute atomic E-state index is 0.0949. The largest absolute Gasteiger partial charge is 0.341 e. The second-order valence-electron chi connectivity index (χ2n) is 20.5. The summed E-state index contributed by atoms with van der Waals surface area (Å²) in [4.78, 5) is 7.67. The average Bonchev–Trinajstić information content (AvgIpc) is 3.76. The highest BCUT2D eigenvalue weighted by Gasteiger charge is 2.47. The molecule has 3 aliphatic carbocycles. The van der Waals surface area contributed by atoms with Crippen LogP contribution in [-0.4, -0.2) is 18.6 Å². The topological polar surface area (TPSA) is 9.72 Å². The number of hydrogen-bond acceptors (Lipinski definition) is 3. The van der Waals surface area contributed by atoms with Gasteiger partial charge in [-0.15, -0.1) is 0 Å². The van der Waals surface area contributed by atoms with Crippen molar-refractivity contribution in [1.82, 2.24) is 0 Å². The lowest BCUT2D eigenvalue weighted by atomic mass is 9.66. The molecule has 0 saturated heterocycles. The summed E-state index contributed by atoms with van der Waals surface area (Å²) in [6.45, 7) is 1.01. The second-order valence-corrected chi connectivity index (χ2v) is 20.5. The van der Waals surface area contributed by atoms with Gasteiger partial charge >= 0.3 is 0 Å². The summed E-state index contributed by atoms with van der Waals surface area (Å²) in [6.07, 6.45) is 25.6. The maximum absolute atomic E-state index is 2.60. The van der Waals surface area contributed by atoms with E-state index < -0.39 is 5.41 Å². The molecule has 0 saturated carbocycles. The molecule has 2 aliphatic heterocycles. The molecule has 0 aromatic heterocycles. The molecule has 2 heterocycles. The summed E-state index contributed by atoms with van der Waals surface area (Å²) in [5.74, 6) is 0. The number of nitrogens with zero attached hydrogens (tertiary/aromatic N) is 3. The fourth-order valence-corrected chi connectivity index (χ4v) is 13.6. The van der Waals surface area contributed by atoms with Gasteiger partial charge in [-0.1, -0.05) is 194 Å². The fourth-order valence-electron chi connectivity index (χ4n) is 13.6. The first-order valence-corrected chi connectivity index (χ1v) is 26.3. The van der Waals surface area contributed by atoms with Crippen LogP contribution in [0.15, 0.2) is 242 Å². The molecule has 0 N–H and O–H groups in total. The van der Waals surface area contributed by atoms with Gasteiger partial charge in [-0.3, -0.25) is 0 Å². The number of para-hydroxylation sites is 4. The van der Waals surface area contributed by atoms with E-state index in [0.29, 0.717) is 0 Å². The molecule has 3 atom stereocenters. The van der Waals surface area contributed by atoms with E-state index in [0.717, 1.165) is 32.2 Å². The van der Waals surface area contributed by atoms with Crippen LogP contribution in [0.25, 0.3) is 55.6 Å². The number of benzene rings is 10.